The molecule has 1 fully saturated rings. The summed E-state index contributed by atoms with van der Waals surface area (Å²) in [6.07, 6.45) is 9.25. The van der Waals surface area contributed by atoms with Crippen LogP contribution < -0.4 is 0 Å². The van der Waals surface area contributed by atoms with E-state index in [1.165, 1.54) is 6.42 Å². The molecule has 0 amide bonds. The minimum atomic E-state index is 0.0676. The molecule has 0 bridgehead atoms. The van der Waals surface area contributed by atoms with Crippen LogP contribution in [0.5, 0.6) is 0 Å². The van der Waals surface area contributed by atoms with Crippen LogP contribution in [0.4, 0.5) is 0 Å². The molecule has 6 heteroatoms. The normalized spacial score (nSPS) is 17.7. The van der Waals surface area contributed by atoms with Crippen molar-refractivity contribution < 1.29 is 4.74 Å². The molecule has 22 heavy (non-hydrogen) atoms. The summed E-state index contributed by atoms with van der Waals surface area (Å²) in [6, 6.07) is 1.93. The number of aromatic nitrogens is 4. The van der Waals surface area contributed by atoms with E-state index in [0.717, 1.165) is 41.6 Å². The summed E-state index contributed by atoms with van der Waals surface area (Å²) in [7, 11) is 0. The molecule has 0 spiro atoms. The Balaban J connectivity index is 0.000000847. The third-order valence-corrected chi connectivity index (χ3v) is 4.02. The van der Waals surface area contributed by atoms with Gasteiger partial charge < -0.3 is 4.74 Å². The first-order valence-corrected chi connectivity index (χ1v) is 9.05. The molecule has 1 aliphatic rings. The van der Waals surface area contributed by atoms with Gasteiger partial charge in [0.15, 0.2) is 5.16 Å². The number of rotatable bonds is 3. The fourth-order valence-electron chi connectivity index (χ4n) is 2.40. The van der Waals surface area contributed by atoms with Crippen molar-refractivity contribution in [2.24, 2.45) is 0 Å². The average molecular weight is 320 g/mol. The Bertz CT molecular complexity index is 594. The fraction of sp³-hybridized carbons (Fsp3) is 0.562. The standard InChI is InChI=1S/C14H18N4OS.C2H6/c1-10-11(12-6-7-15-14(16-12)20-2)9-18(17-10)13-5-3-4-8-19-13;1-2/h6-7,9,13H,3-5,8H2,1-2H3;1-2H3. The van der Waals surface area contributed by atoms with Gasteiger partial charge in [0.2, 0.25) is 0 Å². The monoisotopic (exact) mass is 320 g/mol. The van der Waals surface area contributed by atoms with E-state index in [4.69, 9.17) is 4.74 Å². The summed E-state index contributed by atoms with van der Waals surface area (Å²) >= 11 is 1.54. The van der Waals surface area contributed by atoms with Crippen LogP contribution in [0.25, 0.3) is 11.3 Å². The van der Waals surface area contributed by atoms with Crippen LogP contribution in [-0.2, 0) is 4.74 Å². The highest BCUT2D eigenvalue weighted by atomic mass is 32.2. The number of nitrogens with zero attached hydrogens (tertiary/aromatic N) is 4. The van der Waals surface area contributed by atoms with E-state index in [-0.39, 0.29) is 6.23 Å². The smallest absolute Gasteiger partial charge is 0.187 e. The maximum atomic E-state index is 5.78. The van der Waals surface area contributed by atoms with Gasteiger partial charge in [-0.2, -0.15) is 5.10 Å². The quantitative estimate of drug-likeness (QED) is 0.629. The zero-order valence-corrected chi connectivity index (χ0v) is 14.6. The molecule has 3 heterocycles. The van der Waals surface area contributed by atoms with Gasteiger partial charge in [-0.15, -0.1) is 0 Å². The van der Waals surface area contributed by atoms with E-state index in [0.29, 0.717) is 0 Å². The molecule has 2 aromatic rings. The van der Waals surface area contributed by atoms with Crippen molar-refractivity contribution in [2.75, 3.05) is 12.9 Å². The lowest BCUT2D eigenvalue weighted by atomic mass is 10.2. The van der Waals surface area contributed by atoms with Gasteiger partial charge >= 0.3 is 0 Å². The predicted molar refractivity (Wildman–Crippen MR) is 90.0 cm³/mol. The van der Waals surface area contributed by atoms with Crippen LogP contribution in [0.3, 0.4) is 0 Å². The van der Waals surface area contributed by atoms with Gasteiger partial charge in [0, 0.05) is 24.6 Å². The number of ether oxygens (including phenoxy) is 1. The molecule has 3 rings (SSSR count). The van der Waals surface area contributed by atoms with E-state index in [1.807, 2.05) is 44.0 Å². The van der Waals surface area contributed by atoms with Gasteiger partial charge in [0.05, 0.1) is 11.4 Å². The molecule has 5 nitrogen and oxygen atoms in total. The summed E-state index contributed by atoms with van der Waals surface area (Å²) in [5.74, 6) is 0. The van der Waals surface area contributed by atoms with Crippen LogP contribution in [0.2, 0.25) is 0 Å². The van der Waals surface area contributed by atoms with E-state index in [2.05, 4.69) is 15.1 Å². The topological polar surface area (TPSA) is 52.8 Å². The molecule has 0 aliphatic carbocycles. The van der Waals surface area contributed by atoms with Crippen molar-refractivity contribution >= 4 is 11.8 Å². The molecule has 1 saturated heterocycles. The fourth-order valence-corrected chi connectivity index (χ4v) is 2.76. The first-order chi connectivity index (χ1) is 10.8. The van der Waals surface area contributed by atoms with Gasteiger partial charge in [0.25, 0.3) is 0 Å². The second kappa shape index (κ2) is 8.29. The largest absolute Gasteiger partial charge is 0.357 e. The molecule has 0 radical (unpaired) electrons. The highest BCUT2D eigenvalue weighted by Gasteiger charge is 2.19. The summed E-state index contributed by atoms with van der Waals surface area (Å²) < 4.78 is 7.71. The second-order valence-corrected chi connectivity index (χ2v) is 5.63. The van der Waals surface area contributed by atoms with E-state index < -0.39 is 0 Å². The Kier molecular flexibility index (Phi) is 6.39. The highest BCUT2D eigenvalue weighted by molar-refractivity contribution is 7.98. The minimum absolute atomic E-state index is 0.0676. The molecule has 0 aromatic carbocycles. The SMILES string of the molecule is CC.CSc1nccc(-c2cn(C3CCCCO3)nc2C)n1. The second-order valence-electron chi connectivity index (χ2n) is 4.86. The number of hydrogen-bond donors (Lipinski definition) is 0. The maximum absolute atomic E-state index is 5.78. The van der Waals surface area contributed by atoms with Crippen molar-refractivity contribution in [2.45, 2.75) is 51.4 Å². The van der Waals surface area contributed by atoms with Crippen molar-refractivity contribution in [3.63, 3.8) is 0 Å². The summed E-state index contributed by atoms with van der Waals surface area (Å²) in [5.41, 5.74) is 2.95. The van der Waals surface area contributed by atoms with Gasteiger partial charge in [-0.1, -0.05) is 25.6 Å². The lowest BCUT2D eigenvalue weighted by Gasteiger charge is -2.22. The van der Waals surface area contributed by atoms with Crippen LogP contribution >= 0.6 is 11.8 Å². The molecule has 2 aromatic heterocycles. The van der Waals surface area contributed by atoms with Crippen LogP contribution in [-0.4, -0.2) is 32.6 Å². The van der Waals surface area contributed by atoms with Crippen molar-refractivity contribution in [3.8, 4) is 11.3 Å². The zero-order valence-electron chi connectivity index (χ0n) is 13.7. The number of thioether (sulfide) groups is 1. The van der Waals surface area contributed by atoms with Crippen LogP contribution in [0.1, 0.15) is 45.0 Å². The maximum Gasteiger partial charge on any atom is 0.187 e. The highest BCUT2D eigenvalue weighted by Crippen LogP contribution is 2.27. The summed E-state index contributed by atoms with van der Waals surface area (Å²) in [4.78, 5) is 8.75. The van der Waals surface area contributed by atoms with Crippen LogP contribution in [0, 0.1) is 6.92 Å². The van der Waals surface area contributed by atoms with E-state index in [9.17, 15) is 0 Å². The lowest BCUT2D eigenvalue weighted by molar-refractivity contribution is -0.0396. The number of hydrogen-bond acceptors (Lipinski definition) is 5. The lowest BCUT2D eigenvalue weighted by Crippen LogP contribution is -2.18. The van der Waals surface area contributed by atoms with Crippen molar-refractivity contribution in [1.29, 1.82) is 0 Å². The first-order valence-electron chi connectivity index (χ1n) is 7.82. The molecule has 1 unspecified atom stereocenters. The van der Waals surface area contributed by atoms with E-state index in [1.54, 1.807) is 18.0 Å². The first kappa shape index (κ1) is 17.0. The third-order valence-electron chi connectivity index (χ3n) is 3.46. The van der Waals surface area contributed by atoms with Crippen LogP contribution in [0.15, 0.2) is 23.6 Å². The Morgan fingerprint density at radius 2 is 2.14 bits per heavy atom. The van der Waals surface area contributed by atoms with Crippen molar-refractivity contribution in [1.82, 2.24) is 19.7 Å². The molecule has 120 valence electrons. The third kappa shape index (κ3) is 3.87. The Morgan fingerprint density at radius 3 is 2.82 bits per heavy atom. The summed E-state index contributed by atoms with van der Waals surface area (Å²) in [5, 5.41) is 5.37. The van der Waals surface area contributed by atoms with Gasteiger partial charge in [-0.3, -0.25) is 0 Å². The predicted octanol–water partition coefficient (Wildman–Crippen LogP) is 4.10. The van der Waals surface area contributed by atoms with Crippen molar-refractivity contribution in [3.05, 3.63) is 24.2 Å². The number of aryl methyl sites for hydroxylation is 1. The van der Waals surface area contributed by atoms with E-state index >= 15 is 0 Å². The van der Waals surface area contributed by atoms with Gasteiger partial charge in [0.1, 0.15) is 6.23 Å². The Hall–Kier alpha value is -1.40. The summed E-state index contributed by atoms with van der Waals surface area (Å²) in [6.45, 7) is 6.83. The molecular formula is C16H24N4OS. The minimum Gasteiger partial charge on any atom is -0.357 e. The molecule has 1 aliphatic heterocycles. The Labute approximate surface area is 136 Å². The molecule has 0 saturated carbocycles. The molecule has 0 N–H and O–H groups in total. The average Bonchev–Trinajstić information content (AvgIpc) is 2.99. The molecular weight excluding hydrogens is 296 g/mol. The van der Waals surface area contributed by atoms with Gasteiger partial charge in [-0.05, 0) is 38.5 Å². The zero-order chi connectivity index (χ0) is 15.9. The Morgan fingerprint density at radius 1 is 1.32 bits per heavy atom. The van der Waals surface area contributed by atoms with Gasteiger partial charge in [-0.25, -0.2) is 14.6 Å². The molecule has 1 atom stereocenters.